The van der Waals surface area contributed by atoms with Crippen LogP contribution < -0.4 is 5.32 Å². The number of halogens is 4. The smallest absolute Gasteiger partial charge is 0.0843 e. The highest BCUT2D eigenvalue weighted by molar-refractivity contribution is 9.13. The van der Waals surface area contributed by atoms with Gasteiger partial charge in [-0.05, 0) is 68.6 Å². The second kappa shape index (κ2) is 7.88. The lowest BCUT2D eigenvalue weighted by molar-refractivity contribution is 0.604. The summed E-state index contributed by atoms with van der Waals surface area (Å²) in [5.74, 6) is 0. The van der Waals surface area contributed by atoms with Crippen molar-refractivity contribution < 1.29 is 0 Å². The summed E-state index contributed by atoms with van der Waals surface area (Å²) in [4.78, 5) is 1.29. The minimum atomic E-state index is 0.199. The van der Waals surface area contributed by atoms with Gasteiger partial charge in [0.05, 0.1) is 9.83 Å². The molecule has 0 aliphatic heterocycles. The first-order valence-electron chi connectivity index (χ1n) is 6.16. The lowest BCUT2D eigenvalue weighted by atomic mass is 10.1. The van der Waals surface area contributed by atoms with Gasteiger partial charge in [0, 0.05) is 18.3 Å². The van der Waals surface area contributed by atoms with Crippen molar-refractivity contribution in [2.45, 2.75) is 19.4 Å². The molecule has 0 spiro atoms. The number of nitrogens with one attached hydrogen (secondary N) is 1. The molecule has 1 N–H and O–H groups in total. The SMILES string of the molecule is CCCNC(c1cc(Br)c(Br)s1)c1ccc(Br)cc1Br. The van der Waals surface area contributed by atoms with E-state index < -0.39 is 0 Å². The summed E-state index contributed by atoms with van der Waals surface area (Å²) in [6.45, 7) is 3.17. The number of hydrogen-bond donors (Lipinski definition) is 1. The summed E-state index contributed by atoms with van der Waals surface area (Å²) in [6, 6.07) is 8.70. The van der Waals surface area contributed by atoms with Crippen LogP contribution >= 0.6 is 75.1 Å². The van der Waals surface area contributed by atoms with Gasteiger partial charge in [0.15, 0.2) is 0 Å². The molecule has 1 aromatic heterocycles. The van der Waals surface area contributed by atoms with Gasteiger partial charge in [0.25, 0.3) is 0 Å². The maximum absolute atomic E-state index is 3.67. The second-order valence-corrected chi connectivity index (χ2v) is 9.35. The van der Waals surface area contributed by atoms with Crippen LogP contribution in [-0.4, -0.2) is 6.54 Å². The molecule has 108 valence electrons. The van der Waals surface area contributed by atoms with E-state index in [1.807, 2.05) is 0 Å². The molecule has 1 unspecified atom stereocenters. The predicted molar refractivity (Wildman–Crippen MR) is 102 cm³/mol. The fraction of sp³-hybridized carbons (Fsp3) is 0.286. The van der Waals surface area contributed by atoms with E-state index in [1.165, 1.54) is 10.4 Å². The number of rotatable bonds is 5. The van der Waals surface area contributed by atoms with Crippen molar-refractivity contribution in [1.29, 1.82) is 0 Å². The summed E-state index contributed by atoms with van der Waals surface area (Å²) in [7, 11) is 0. The van der Waals surface area contributed by atoms with Gasteiger partial charge >= 0.3 is 0 Å². The lowest BCUT2D eigenvalue weighted by Crippen LogP contribution is -2.22. The zero-order valence-corrected chi connectivity index (χ0v) is 17.9. The van der Waals surface area contributed by atoms with E-state index in [0.717, 1.165) is 30.2 Å². The Morgan fingerprint density at radius 1 is 1.10 bits per heavy atom. The van der Waals surface area contributed by atoms with Crippen LogP contribution in [0.1, 0.15) is 29.8 Å². The molecule has 2 rings (SSSR count). The predicted octanol–water partition coefficient (Wildman–Crippen LogP) is 6.89. The monoisotopic (exact) mass is 543 g/mol. The third-order valence-corrected chi connectivity index (χ3v) is 7.32. The standard InChI is InChI=1S/C14H13Br4NS/c1-2-5-19-13(12-7-11(17)14(18)20-12)9-4-3-8(15)6-10(9)16/h3-4,6-7,13,19H,2,5H2,1H3. The minimum Gasteiger partial charge on any atom is -0.306 e. The molecule has 1 aromatic carbocycles. The molecule has 0 saturated heterocycles. The Balaban J connectivity index is 2.41. The average Bonchev–Trinajstić information content (AvgIpc) is 2.72. The Kier molecular flexibility index (Phi) is 6.76. The Hall–Kier alpha value is 0.800. The molecule has 0 fully saturated rings. The van der Waals surface area contributed by atoms with Crippen molar-refractivity contribution >= 4 is 75.1 Å². The second-order valence-electron chi connectivity index (χ2n) is 4.32. The quantitative estimate of drug-likeness (QED) is 0.431. The maximum atomic E-state index is 3.67. The zero-order chi connectivity index (χ0) is 14.7. The van der Waals surface area contributed by atoms with E-state index >= 15 is 0 Å². The average molecular weight is 547 g/mol. The molecular weight excluding hydrogens is 534 g/mol. The molecule has 0 amide bonds. The van der Waals surface area contributed by atoms with E-state index in [2.05, 4.69) is 100 Å². The first-order valence-corrected chi connectivity index (χ1v) is 10.1. The third-order valence-electron chi connectivity index (χ3n) is 2.82. The highest BCUT2D eigenvalue weighted by Crippen LogP contribution is 2.39. The normalized spacial score (nSPS) is 12.7. The molecule has 0 bridgehead atoms. The van der Waals surface area contributed by atoms with Gasteiger partial charge in [-0.1, -0.05) is 44.8 Å². The molecule has 0 aliphatic rings. The molecule has 0 aliphatic carbocycles. The first kappa shape index (κ1) is 17.2. The number of hydrogen-bond acceptors (Lipinski definition) is 2. The number of thiophene rings is 1. The van der Waals surface area contributed by atoms with Gasteiger partial charge in [-0.25, -0.2) is 0 Å². The summed E-state index contributed by atoms with van der Waals surface area (Å²) >= 11 is 16.1. The molecule has 1 nitrogen and oxygen atoms in total. The van der Waals surface area contributed by atoms with Gasteiger partial charge in [0.2, 0.25) is 0 Å². The summed E-state index contributed by atoms with van der Waals surface area (Å²) < 4.78 is 4.43. The third kappa shape index (κ3) is 4.17. The van der Waals surface area contributed by atoms with Gasteiger partial charge in [-0.15, -0.1) is 11.3 Å². The van der Waals surface area contributed by atoms with Crippen molar-refractivity contribution in [1.82, 2.24) is 5.32 Å². The van der Waals surface area contributed by atoms with Gasteiger partial charge in [-0.3, -0.25) is 0 Å². The van der Waals surface area contributed by atoms with Crippen LogP contribution in [0.4, 0.5) is 0 Å². The van der Waals surface area contributed by atoms with Gasteiger partial charge < -0.3 is 5.32 Å². The molecule has 1 heterocycles. The van der Waals surface area contributed by atoms with Crippen LogP contribution in [0.5, 0.6) is 0 Å². The number of benzene rings is 1. The highest BCUT2D eigenvalue weighted by atomic mass is 79.9. The Morgan fingerprint density at radius 2 is 1.85 bits per heavy atom. The van der Waals surface area contributed by atoms with Crippen LogP contribution in [0.25, 0.3) is 0 Å². The topological polar surface area (TPSA) is 12.0 Å². The van der Waals surface area contributed by atoms with Crippen LogP contribution in [-0.2, 0) is 0 Å². The fourth-order valence-corrected chi connectivity index (χ4v) is 5.35. The lowest BCUT2D eigenvalue weighted by Gasteiger charge is -2.19. The summed E-state index contributed by atoms with van der Waals surface area (Å²) in [5, 5.41) is 3.63. The van der Waals surface area contributed by atoms with Gasteiger partial charge in [-0.2, -0.15) is 0 Å². The van der Waals surface area contributed by atoms with Crippen LogP contribution in [0.2, 0.25) is 0 Å². The molecule has 0 saturated carbocycles. The van der Waals surface area contributed by atoms with Crippen LogP contribution in [0.3, 0.4) is 0 Å². The van der Waals surface area contributed by atoms with E-state index in [0.29, 0.717) is 0 Å². The van der Waals surface area contributed by atoms with E-state index in [1.54, 1.807) is 11.3 Å². The van der Waals surface area contributed by atoms with Crippen molar-refractivity contribution in [2.75, 3.05) is 6.54 Å². The minimum absolute atomic E-state index is 0.199. The molecule has 6 heteroatoms. The van der Waals surface area contributed by atoms with Gasteiger partial charge in [0.1, 0.15) is 0 Å². The Morgan fingerprint density at radius 3 is 2.40 bits per heavy atom. The molecule has 2 aromatic rings. The summed E-state index contributed by atoms with van der Waals surface area (Å²) in [6.07, 6.45) is 1.11. The Bertz CT molecular complexity index is 577. The van der Waals surface area contributed by atoms with Crippen molar-refractivity contribution in [3.05, 3.63) is 51.9 Å². The summed E-state index contributed by atoms with van der Waals surface area (Å²) in [5.41, 5.74) is 1.25. The van der Waals surface area contributed by atoms with E-state index in [-0.39, 0.29) is 6.04 Å². The molecule has 20 heavy (non-hydrogen) atoms. The van der Waals surface area contributed by atoms with Crippen molar-refractivity contribution in [3.63, 3.8) is 0 Å². The largest absolute Gasteiger partial charge is 0.306 e. The Labute approximate surface area is 157 Å². The van der Waals surface area contributed by atoms with Crippen molar-refractivity contribution in [3.8, 4) is 0 Å². The zero-order valence-electron chi connectivity index (χ0n) is 10.7. The van der Waals surface area contributed by atoms with Crippen LogP contribution in [0, 0.1) is 0 Å². The van der Waals surface area contributed by atoms with E-state index in [9.17, 15) is 0 Å². The highest BCUT2D eigenvalue weighted by Gasteiger charge is 2.19. The van der Waals surface area contributed by atoms with Crippen molar-refractivity contribution in [2.24, 2.45) is 0 Å². The molecular formula is C14H13Br4NS. The van der Waals surface area contributed by atoms with Crippen LogP contribution in [0.15, 0.2) is 41.5 Å². The van der Waals surface area contributed by atoms with E-state index in [4.69, 9.17) is 0 Å². The fourth-order valence-electron chi connectivity index (χ4n) is 1.89. The molecule has 0 radical (unpaired) electrons. The maximum Gasteiger partial charge on any atom is 0.0843 e. The molecule has 1 atom stereocenters. The first-order chi connectivity index (χ1) is 9.52.